The van der Waals surface area contributed by atoms with Crippen LogP contribution in [0.4, 0.5) is 0 Å². The minimum Gasteiger partial charge on any atom is -0.454 e. The molecule has 0 aliphatic carbocycles. The number of likely N-dealkylation sites (tertiary alicyclic amines) is 1. The molecule has 2 heterocycles. The molecule has 0 saturated carbocycles. The van der Waals surface area contributed by atoms with E-state index in [0.717, 1.165) is 43.1 Å². The lowest BCUT2D eigenvalue weighted by atomic mass is 9.84. The summed E-state index contributed by atoms with van der Waals surface area (Å²) < 4.78 is 10.8. The molecule has 2 aliphatic rings. The van der Waals surface area contributed by atoms with Crippen LogP contribution in [0.2, 0.25) is 0 Å². The highest BCUT2D eigenvalue weighted by Gasteiger charge is 2.32. The van der Waals surface area contributed by atoms with Gasteiger partial charge in [0.2, 0.25) is 12.7 Å². The molecule has 0 bridgehead atoms. The number of rotatable bonds is 6. The molecule has 1 N–H and O–H groups in total. The standard InChI is InChI=1S/C27H28N2O3/c30-27(28-15-21-11-12-25-26(13-21)32-19-31-25)24-14-23(22-9-5-2-6-10-22)17-29(18-24)16-20-7-3-1-4-8-20/h1-13,23-24H,14-19H2,(H,28,30)/t23-,24+/m1/s1. The molecule has 3 aromatic rings. The summed E-state index contributed by atoms with van der Waals surface area (Å²) in [6.07, 6.45) is 0.863. The molecule has 0 spiro atoms. The first-order valence-corrected chi connectivity index (χ1v) is 11.2. The number of nitrogens with one attached hydrogen (secondary N) is 1. The lowest BCUT2D eigenvalue weighted by Crippen LogP contribution is -2.45. The first-order chi connectivity index (χ1) is 15.7. The summed E-state index contributed by atoms with van der Waals surface area (Å²) in [5.74, 6) is 1.91. The number of fused-ring (bicyclic) bond motifs is 1. The largest absolute Gasteiger partial charge is 0.454 e. The average molecular weight is 429 g/mol. The Kier molecular flexibility index (Phi) is 6.08. The molecule has 5 nitrogen and oxygen atoms in total. The fourth-order valence-corrected chi connectivity index (χ4v) is 4.70. The Morgan fingerprint density at radius 3 is 2.44 bits per heavy atom. The van der Waals surface area contributed by atoms with Gasteiger partial charge in [0.1, 0.15) is 0 Å². The second kappa shape index (κ2) is 9.45. The Morgan fingerprint density at radius 1 is 0.875 bits per heavy atom. The van der Waals surface area contributed by atoms with Crippen molar-refractivity contribution >= 4 is 5.91 Å². The fourth-order valence-electron chi connectivity index (χ4n) is 4.70. The van der Waals surface area contributed by atoms with Crippen molar-refractivity contribution in [3.05, 3.63) is 95.6 Å². The Morgan fingerprint density at radius 2 is 1.62 bits per heavy atom. The van der Waals surface area contributed by atoms with Crippen LogP contribution < -0.4 is 14.8 Å². The normalized spacial score (nSPS) is 20.1. The molecule has 0 aromatic heterocycles. The van der Waals surface area contributed by atoms with Gasteiger partial charge in [0.15, 0.2) is 11.5 Å². The van der Waals surface area contributed by atoms with Crippen LogP contribution in [0.5, 0.6) is 11.5 Å². The Labute approximate surface area is 189 Å². The average Bonchev–Trinajstić information content (AvgIpc) is 3.31. The lowest BCUT2D eigenvalue weighted by molar-refractivity contribution is -0.127. The number of carbonyl (C=O) groups excluding carboxylic acids is 1. The van der Waals surface area contributed by atoms with Crippen LogP contribution in [0.1, 0.15) is 29.0 Å². The van der Waals surface area contributed by atoms with Gasteiger partial charge in [-0.3, -0.25) is 9.69 Å². The van der Waals surface area contributed by atoms with E-state index in [1.807, 2.05) is 30.3 Å². The number of benzene rings is 3. The third-order valence-electron chi connectivity index (χ3n) is 6.32. The zero-order valence-electron chi connectivity index (χ0n) is 18.1. The number of hydrogen-bond donors (Lipinski definition) is 1. The minimum absolute atomic E-state index is 0.0494. The van der Waals surface area contributed by atoms with Crippen LogP contribution in [0.15, 0.2) is 78.9 Å². The summed E-state index contributed by atoms with van der Waals surface area (Å²) in [6, 6.07) is 26.9. The van der Waals surface area contributed by atoms with E-state index in [0.29, 0.717) is 12.5 Å². The quantitative estimate of drug-likeness (QED) is 0.635. The highest BCUT2D eigenvalue weighted by molar-refractivity contribution is 5.79. The Bertz CT molecular complexity index is 1060. The van der Waals surface area contributed by atoms with Crippen LogP contribution in [0.3, 0.4) is 0 Å². The fraction of sp³-hybridized carbons (Fsp3) is 0.296. The van der Waals surface area contributed by atoms with Gasteiger partial charge in [0, 0.05) is 26.2 Å². The smallest absolute Gasteiger partial charge is 0.231 e. The van der Waals surface area contributed by atoms with Crippen molar-refractivity contribution in [1.29, 1.82) is 0 Å². The molecule has 3 aromatic carbocycles. The monoisotopic (exact) mass is 428 g/mol. The molecule has 2 atom stereocenters. The highest BCUT2D eigenvalue weighted by Crippen LogP contribution is 2.33. The summed E-state index contributed by atoms with van der Waals surface area (Å²) in [5.41, 5.74) is 3.60. The topological polar surface area (TPSA) is 50.8 Å². The van der Waals surface area contributed by atoms with Gasteiger partial charge in [0.05, 0.1) is 5.92 Å². The number of carbonyl (C=O) groups is 1. The highest BCUT2D eigenvalue weighted by atomic mass is 16.7. The maximum Gasteiger partial charge on any atom is 0.231 e. The van der Waals surface area contributed by atoms with Crippen LogP contribution in [0, 0.1) is 5.92 Å². The van der Waals surface area contributed by atoms with Crippen molar-refractivity contribution < 1.29 is 14.3 Å². The van der Waals surface area contributed by atoms with E-state index in [4.69, 9.17) is 9.47 Å². The zero-order chi connectivity index (χ0) is 21.8. The van der Waals surface area contributed by atoms with E-state index >= 15 is 0 Å². The molecule has 0 unspecified atom stereocenters. The van der Waals surface area contributed by atoms with Gasteiger partial charge in [-0.2, -0.15) is 0 Å². The van der Waals surface area contributed by atoms with Gasteiger partial charge < -0.3 is 14.8 Å². The zero-order valence-corrected chi connectivity index (χ0v) is 18.1. The second-order valence-corrected chi connectivity index (χ2v) is 8.63. The number of nitrogens with zero attached hydrogens (tertiary/aromatic N) is 1. The first kappa shape index (κ1) is 20.6. The van der Waals surface area contributed by atoms with Gasteiger partial charge in [0.25, 0.3) is 0 Å². The van der Waals surface area contributed by atoms with E-state index in [2.05, 4.69) is 58.7 Å². The van der Waals surface area contributed by atoms with Crippen molar-refractivity contribution in [3.63, 3.8) is 0 Å². The molecular formula is C27H28N2O3. The molecule has 164 valence electrons. The van der Waals surface area contributed by atoms with Crippen LogP contribution in [-0.2, 0) is 17.9 Å². The molecule has 5 heteroatoms. The van der Waals surface area contributed by atoms with Gasteiger partial charge >= 0.3 is 0 Å². The number of amides is 1. The molecule has 5 rings (SSSR count). The van der Waals surface area contributed by atoms with Gasteiger partial charge in [-0.1, -0.05) is 66.7 Å². The third-order valence-corrected chi connectivity index (χ3v) is 6.32. The SMILES string of the molecule is O=C(NCc1ccc2c(c1)OCO2)[C@H]1C[C@@H](c2ccccc2)CN(Cc2ccccc2)C1. The van der Waals surface area contributed by atoms with E-state index < -0.39 is 0 Å². The van der Waals surface area contributed by atoms with Crippen LogP contribution in [-0.4, -0.2) is 30.7 Å². The van der Waals surface area contributed by atoms with Crippen LogP contribution >= 0.6 is 0 Å². The summed E-state index contributed by atoms with van der Waals surface area (Å²) >= 11 is 0. The van der Waals surface area contributed by atoms with Gasteiger partial charge in [-0.25, -0.2) is 0 Å². The van der Waals surface area contributed by atoms with Crippen molar-refractivity contribution in [1.82, 2.24) is 10.2 Å². The number of hydrogen-bond acceptors (Lipinski definition) is 4. The minimum atomic E-state index is -0.0494. The maximum absolute atomic E-state index is 13.2. The molecule has 32 heavy (non-hydrogen) atoms. The first-order valence-electron chi connectivity index (χ1n) is 11.2. The van der Waals surface area contributed by atoms with Crippen molar-refractivity contribution in [3.8, 4) is 11.5 Å². The molecule has 2 aliphatic heterocycles. The van der Waals surface area contributed by atoms with E-state index in [-0.39, 0.29) is 18.6 Å². The second-order valence-electron chi connectivity index (χ2n) is 8.63. The van der Waals surface area contributed by atoms with E-state index in [1.165, 1.54) is 11.1 Å². The summed E-state index contributed by atoms with van der Waals surface area (Å²) in [6.45, 7) is 3.33. The molecule has 1 saturated heterocycles. The predicted octanol–water partition coefficient (Wildman–Crippen LogP) is 4.34. The van der Waals surface area contributed by atoms with Crippen LogP contribution in [0.25, 0.3) is 0 Å². The Balaban J connectivity index is 1.27. The Hall–Kier alpha value is -3.31. The van der Waals surface area contributed by atoms with E-state index in [9.17, 15) is 4.79 Å². The number of ether oxygens (including phenoxy) is 2. The molecule has 1 amide bonds. The number of piperidine rings is 1. The summed E-state index contributed by atoms with van der Waals surface area (Å²) in [7, 11) is 0. The van der Waals surface area contributed by atoms with Gasteiger partial charge in [-0.05, 0) is 41.2 Å². The van der Waals surface area contributed by atoms with E-state index in [1.54, 1.807) is 0 Å². The third kappa shape index (κ3) is 4.78. The lowest BCUT2D eigenvalue weighted by Gasteiger charge is -2.37. The molecule has 0 radical (unpaired) electrons. The molecular weight excluding hydrogens is 400 g/mol. The van der Waals surface area contributed by atoms with Crippen molar-refractivity contribution in [2.75, 3.05) is 19.9 Å². The maximum atomic E-state index is 13.2. The molecule has 1 fully saturated rings. The van der Waals surface area contributed by atoms with Gasteiger partial charge in [-0.15, -0.1) is 0 Å². The summed E-state index contributed by atoms with van der Waals surface area (Å²) in [5, 5.41) is 3.15. The summed E-state index contributed by atoms with van der Waals surface area (Å²) in [4.78, 5) is 15.6. The predicted molar refractivity (Wildman–Crippen MR) is 123 cm³/mol. The van der Waals surface area contributed by atoms with Crippen molar-refractivity contribution in [2.24, 2.45) is 5.92 Å². The van der Waals surface area contributed by atoms with Crippen molar-refractivity contribution in [2.45, 2.75) is 25.4 Å².